The fraction of sp³-hybridized carbons (Fsp3) is 0.208. The quantitative estimate of drug-likeness (QED) is 0.351. The maximum atomic E-state index is 12.6. The van der Waals surface area contributed by atoms with Crippen LogP contribution in [0.25, 0.3) is 5.69 Å². The molecule has 4 rings (SSSR count). The van der Waals surface area contributed by atoms with Crippen LogP contribution in [0.15, 0.2) is 82.6 Å². The smallest absolute Gasteiger partial charge is 0.233 e. The van der Waals surface area contributed by atoms with E-state index in [9.17, 15) is 4.79 Å². The SMILES string of the molecule is COc1ccc(OCc2nnc(SC(C)C(=O)NCc3ccco3)n2-c2ccccc2)cc1. The van der Waals surface area contributed by atoms with Crippen molar-refractivity contribution in [2.75, 3.05) is 7.11 Å². The van der Waals surface area contributed by atoms with E-state index in [2.05, 4.69) is 15.5 Å². The molecule has 2 aromatic heterocycles. The van der Waals surface area contributed by atoms with Gasteiger partial charge < -0.3 is 19.2 Å². The molecule has 0 spiro atoms. The number of ether oxygens (including phenoxy) is 2. The van der Waals surface area contributed by atoms with Gasteiger partial charge in [0, 0.05) is 5.69 Å². The number of amides is 1. The van der Waals surface area contributed by atoms with Gasteiger partial charge in [-0.05, 0) is 55.5 Å². The molecule has 1 amide bonds. The van der Waals surface area contributed by atoms with Crippen molar-refractivity contribution >= 4 is 17.7 Å². The number of nitrogens with one attached hydrogen (secondary N) is 1. The normalized spacial score (nSPS) is 11.7. The van der Waals surface area contributed by atoms with Crippen LogP contribution in [0, 0.1) is 0 Å². The molecule has 33 heavy (non-hydrogen) atoms. The summed E-state index contributed by atoms with van der Waals surface area (Å²) in [6.45, 7) is 2.39. The summed E-state index contributed by atoms with van der Waals surface area (Å²) in [4.78, 5) is 12.6. The number of aromatic nitrogens is 3. The number of nitrogens with zero attached hydrogens (tertiary/aromatic N) is 3. The Hall–Kier alpha value is -3.72. The van der Waals surface area contributed by atoms with Crippen LogP contribution in [-0.2, 0) is 17.9 Å². The topological polar surface area (TPSA) is 91.4 Å². The first kappa shape index (κ1) is 22.5. The molecular formula is C24H24N4O4S. The van der Waals surface area contributed by atoms with Crippen LogP contribution >= 0.6 is 11.8 Å². The molecule has 170 valence electrons. The van der Waals surface area contributed by atoms with Gasteiger partial charge in [0.15, 0.2) is 11.0 Å². The van der Waals surface area contributed by atoms with Crippen molar-refractivity contribution in [3.05, 3.63) is 84.6 Å². The summed E-state index contributed by atoms with van der Waals surface area (Å²) in [7, 11) is 1.62. The summed E-state index contributed by atoms with van der Waals surface area (Å²) in [6.07, 6.45) is 1.58. The third kappa shape index (κ3) is 5.75. The number of carbonyl (C=O) groups is 1. The molecule has 0 aliphatic carbocycles. The number of hydrogen-bond acceptors (Lipinski definition) is 7. The Morgan fingerprint density at radius 2 is 1.82 bits per heavy atom. The molecule has 1 atom stereocenters. The second-order valence-electron chi connectivity index (χ2n) is 7.09. The van der Waals surface area contributed by atoms with Crippen molar-refractivity contribution in [2.45, 2.75) is 30.5 Å². The number of thioether (sulfide) groups is 1. The molecule has 0 aliphatic rings. The minimum atomic E-state index is -0.387. The second kappa shape index (κ2) is 10.7. The summed E-state index contributed by atoms with van der Waals surface area (Å²) in [5.74, 6) is 2.66. The lowest BCUT2D eigenvalue weighted by atomic mass is 10.3. The molecule has 0 fully saturated rings. The fourth-order valence-electron chi connectivity index (χ4n) is 3.07. The van der Waals surface area contributed by atoms with Gasteiger partial charge in [-0.2, -0.15) is 0 Å². The summed E-state index contributed by atoms with van der Waals surface area (Å²) in [5, 5.41) is 11.8. The van der Waals surface area contributed by atoms with Gasteiger partial charge in [-0.15, -0.1) is 10.2 Å². The van der Waals surface area contributed by atoms with Gasteiger partial charge in [-0.1, -0.05) is 30.0 Å². The molecule has 0 bridgehead atoms. The minimum Gasteiger partial charge on any atom is -0.497 e. The summed E-state index contributed by atoms with van der Waals surface area (Å²) < 4.78 is 18.3. The first-order valence-corrected chi connectivity index (χ1v) is 11.3. The van der Waals surface area contributed by atoms with Gasteiger partial charge in [0.05, 0.1) is 25.2 Å². The van der Waals surface area contributed by atoms with Crippen molar-refractivity contribution in [1.29, 1.82) is 0 Å². The molecule has 0 saturated carbocycles. The Morgan fingerprint density at radius 3 is 2.52 bits per heavy atom. The van der Waals surface area contributed by atoms with E-state index in [1.54, 1.807) is 19.4 Å². The Balaban J connectivity index is 1.48. The number of para-hydroxylation sites is 1. The van der Waals surface area contributed by atoms with E-state index in [4.69, 9.17) is 13.9 Å². The summed E-state index contributed by atoms with van der Waals surface area (Å²) in [5.41, 5.74) is 0.890. The Bertz CT molecular complexity index is 1160. The summed E-state index contributed by atoms with van der Waals surface area (Å²) in [6, 6.07) is 20.7. The predicted octanol–water partition coefficient (Wildman–Crippen LogP) is 4.24. The van der Waals surface area contributed by atoms with Gasteiger partial charge in [0.1, 0.15) is 23.9 Å². The Labute approximate surface area is 195 Å². The Morgan fingerprint density at radius 1 is 1.06 bits per heavy atom. The van der Waals surface area contributed by atoms with Crippen LogP contribution in [0.5, 0.6) is 11.5 Å². The third-order valence-electron chi connectivity index (χ3n) is 4.81. The van der Waals surface area contributed by atoms with Crippen LogP contribution < -0.4 is 14.8 Å². The second-order valence-corrected chi connectivity index (χ2v) is 8.40. The zero-order valence-electron chi connectivity index (χ0n) is 18.3. The number of methoxy groups -OCH3 is 1. The van der Waals surface area contributed by atoms with E-state index in [1.165, 1.54) is 11.8 Å². The van der Waals surface area contributed by atoms with Crippen molar-refractivity contribution in [3.8, 4) is 17.2 Å². The van der Waals surface area contributed by atoms with Crippen LogP contribution in [0.1, 0.15) is 18.5 Å². The van der Waals surface area contributed by atoms with Gasteiger partial charge in [-0.3, -0.25) is 9.36 Å². The zero-order chi connectivity index (χ0) is 23.0. The molecule has 1 N–H and O–H groups in total. The van der Waals surface area contributed by atoms with E-state index in [1.807, 2.05) is 72.2 Å². The highest BCUT2D eigenvalue weighted by Crippen LogP contribution is 2.27. The predicted molar refractivity (Wildman–Crippen MR) is 125 cm³/mol. The molecule has 4 aromatic rings. The van der Waals surface area contributed by atoms with Gasteiger partial charge in [0.25, 0.3) is 0 Å². The van der Waals surface area contributed by atoms with Crippen molar-refractivity contribution in [3.63, 3.8) is 0 Å². The maximum absolute atomic E-state index is 12.6. The van der Waals surface area contributed by atoms with Crippen LogP contribution in [0.3, 0.4) is 0 Å². The number of carbonyl (C=O) groups excluding carboxylic acids is 1. The summed E-state index contributed by atoms with van der Waals surface area (Å²) >= 11 is 1.33. The third-order valence-corrected chi connectivity index (χ3v) is 5.85. The highest BCUT2D eigenvalue weighted by molar-refractivity contribution is 8.00. The van der Waals surface area contributed by atoms with E-state index in [0.717, 1.165) is 11.4 Å². The highest BCUT2D eigenvalue weighted by atomic mass is 32.2. The molecule has 2 aromatic carbocycles. The Kier molecular flexibility index (Phi) is 7.31. The monoisotopic (exact) mass is 464 g/mol. The van der Waals surface area contributed by atoms with E-state index >= 15 is 0 Å². The molecule has 0 aliphatic heterocycles. The average Bonchev–Trinajstić information content (AvgIpc) is 3.52. The first-order chi connectivity index (χ1) is 16.1. The van der Waals surface area contributed by atoms with E-state index < -0.39 is 0 Å². The molecular weight excluding hydrogens is 440 g/mol. The van der Waals surface area contributed by atoms with Crippen LogP contribution in [-0.4, -0.2) is 33.0 Å². The molecule has 0 radical (unpaired) electrons. The van der Waals surface area contributed by atoms with Crippen molar-refractivity contribution in [2.24, 2.45) is 0 Å². The average molecular weight is 465 g/mol. The van der Waals surface area contributed by atoms with Gasteiger partial charge >= 0.3 is 0 Å². The number of hydrogen-bond donors (Lipinski definition) is 1. The molecule has 0 saturated heterocycles. The number of furan rings is 1. The number of rotatable bonds is 10. The van der Waals surface area contributed by atoms with E-state index in [-0.39, 0.29) is 17.8 Å². The highest BCUT2D eigenvalue weighted by Gasteiger charge is 2.21. The standard InChI is InChI=1S/C24H24N4O4S/c1-17(23(29)25-15-21-9-6-14-31-21)33-24-27-26-22(28(24)18-7-4-3-5-8-18)16-32-20-12-10-19(30-2)11-13-20/h3-14,17H,15-16H2,1-2H3,(H,25,29). The van der Waals surface area contributed by atoms with Gasteiger partial charge in [-0.25, -0.2) is 0 Å². The lowest BCUT2D eigenvalue weighted by Crippen LogP contribution is -2.30. The van der Waals surface area contributed by atoms with Crippen molar-refractivity contribution in [1.82, 2.24) is 20.1 Å². The van der Waals surface area contributed by atoms with Crippen molar-refractivity contribution < 1.29 is 18.7 Å². The largest absolute Gasteiger partial charge is 0.497 e. The maximum Gasteiger partial charge on any atom is 0.233 e. The van der Waals surface area contributed by atoms with Gasteiger partial charge in [0.2, 0.25) is 5.91 Å². The van der Waals surface area contributed by atoms with Crippen LogP contribution in [0.2, 0.25) is 0 Å². The van der Waals surface area contributed by atoms with Crippen LogP contribution in [0.4, 0.5) is 0 Å². The molecule has 8 nitrogen and oxygen atoms in total. The zero-order valence-corrected chi connectivity index (χ0v) is 19.1. The molecule has 9 heteroatoms. The molecule has 1 unspecified atom stereocenters. The fourth-order valence-corrected chi connectivity index (χ4v) is 3.98. The lowest BCUT2D eigenvalue weighted by molar-refractivity contribution is -0.120. The lowest BCUT2D eigenvalue weighted by Gasteiger charge is -2.14. The number of benzene rings is 2. The first-order valence-electron chi connectivity index (χ1n) is 10.4. The van der Waals surface area contributed by atoms with E-state index in [0.29, 0.717) is 29.0 Å². The molecule has 2 heterocycles. The minimum absolute atomic E-state index is 0.116.